The van der Waals surface area contributed by atoms with E-state index in [1.54, 1.807) is 0 Å². The molecule has 0 saturated carbocycles. The van der Waals surface area contributed by atoms with E-state index in [1.807, 2.05) is 50.5 Å². The second-order valence-corrected chi connectivity index (χ2v) is 13.1. The normalized spacial score (nSPS) is 16.4. The number of benzene rings is 3. The molecule has 222 valence electrons. The first kappa shape index (κ1) is 29.8. The predicted molar refractivity (Wildman–Crippen MR) is 166 cm³/mol. The highest BCUT2D eigenvalue weighted by Crippen LogP contribution is 2.44. The molecule has 0 spiro atoms. The third-order valence-electron chi connectivity index (χ3n) is 8.84. The SMILES string of the molecule is Cc1ccc(-c2c(C)c3c(c(C)c2[C@H](OC(C)(C)C)C(=O)O)CN(C(=O)N2CCC(Cc4ccccc4)CC2)C3)cc1. The van der Waals surface area contributed by atoms with E-state index in [1.165, 1.54) is 5.56 Å². The molecule has 2 aliphatic heterocycles. The highest BCUT2D eigenvalue weighted by molar-refractivity contribution is 5.85. The van der Waals surface area contributed by atoms with Crippen LogP contribution in [0.1, 0.15) is 78.7 Å². The summed E-state index contributed by atoms with van der Waals surface area (Å²) >= 11 is 0. The molecular formula is C36H44N2O4. The largest absolute Gasteiger partial charge is 0.479 e. The third-order valence-corrected chi connectivity index (χ3v) is 8.84. The van der Waals surface area contributed by atoms with Gasteiger partial charge < -0.3 is 19.6 Å². The van der Waals surface area contributed by atoms with Gasteiger partial charge in [-0.25, -0.2) is 9.59 Å². The first-order valence-electron chi connectivity index (χ1n) is 15.1. The van der Waals surface area contributed by atoms with E-state index in [2.05, 4.69) is 55.5 Å². The van der Waals surface area contributed by atoms with Crippen molar-refractivity contribution in [3.8, 4) is 11.1 Å². The topological polar surface area (TPSA) is 70.1 Å². The van der Waals surface area contributed by atoms with Crippen LogP contribution in [-0.4, -0.2) is 45.6 Å². The van der Waals surface area contributed by atoms with Crippen LogP contribution in [0, 0.1) is 26.7 Å². The number of aryl methyl sites for hydroxylation is 1. The number of carbonyl (C=O) groups excluding carboxylic acids is 1. The van der Waals surface area contributed by atoms with E-state index in [9.17, 15) is 14.7 Å². The van der Waals surface area contributed by atoms with Crippen LogP contribution in [0.25, 0.3) is 11.1 Å². The highest BCUT2D eigenvalue weighted by Gasteiger charge is 2.37. The maximum Gasteiger partial charge on any atom is 0.337 e. The molecule has 2 amide bonds. The predicted octanol–water partition coefficient (Wildman–Crippen LogP) is 7.61. The molecule has 1 fully saturated rings. The summed E-state index contributed by atoms with van der Waals surface area (Å²) in [5.74, 6) is -0.419. The zero-order valence-electron chi connectivity index (χ0n) is 25.9. The number of piperidine rings is 1. The molecule has 1 saturated heterocycles. The molecule has 0 radical (unpaired) electrons. The van der Waals surface area contributed by atoms with Crippen LogP contribution in [0.4, 0.5) is 4.79 Å². The van der Waals surface area contributed by atoms with Crippen LogP contribution in [-0.2, 0) is 29.0 Å². The van der Waals surface area contributed by atoms with Crippen molar-refractivity contribution in [2.75, 3.05) is 13.1 Å². The van der Waals surface area contributed by atoms with Crippen LogP contribution < -0.4 is 0 Å². The molecular weight excluding hydrogens is 524 g/mol. The monoisotopic (exact) mass is 568 g/mol. The number of hydrogen-bond acceptors (Lipinski definition) is 3. The van der Waals surface area contributed by atoms with Gasteiger partial charge in [-0.2, -0.15) is 0 Å². The lowest BCUT2D eigenvalue weighted by molar-refractivity contribution is -0.160. The summed E-state index contributed by atoms with van der Waals surface area (Å²) in [5.41, 5.74) is 8.50. The molecule has 42 heavy (non-hydrogen) atoms. The van der Waals surface area contributed by atoms with Gasteiger partial charge in [0.25, 0.3) is 0 Å². The summed E-state index contributed by atoms with van der Waals surface area (Å²) < 4.78 is 6.20. The first-order chi connectivity index (χ1) is 19.9. The molecule has 3 aromatic carbocycles. The molecule has 1 atom stereocenters. The van der Waals surface area contributed by atoms with Crippen LogP contribution in [0.2, 0.25) is 0 Å². The quantitative estimate of drug-likeness (QED) is 0.332. The third kappa shape index (κ3) is 6.24. The van der Waals surface area contributed by atoms with Gasteiger partial charge in [0, 0.05) is 31.7 Å². The van der Waals surface area contributed by atoms with Crippen molar-refractivity contribution in [1.29, 1.82) is 0 Å². The van der Waals surface area contributed by atoms with E-state index in [0.717, 1.165) is 71.3 Å². The Morgan fingerprint density at radius 1 is 0.881 bits per heavy atom. The van der Waals surface area contributed by atoms with Gasteiger partial charge in [0.1, 0.15) is 0 Å². The summed E-state index contributed by atoms with van der Waals surface area (Å²) in [6.07, 6.45) is 1.94. The zero-order chi connectivity index (χ0) is 30.2. The number of fused-ring (bicyclic) bond motifs is 1. The summed E-state index contributed by atoms with van der Waals surface area (Å²) in [4.78, 5) is 30.4. The van der Waals surface area contributed by atoms with E-state index >= 15 is 0 Å². The van der Waals surface area contributed by atoms with Crippen LogP contribution >= 0.6 is 0 Å². The number of rotatable bonds is 6. The van der Waals surface area contributed by atoms with Crippen molar-refractivity contribution < 1.29 is 19.4 Å². The standard InChI is InChI=1S/C36H44N2O4/c1-23-12-14-28(15-13-23)31-24(2)29-21-38(22-30(29)25(3)32(31)33(34(39)40)42-36(4,5)6)35(41)37-18-16-27(17-19-37)20-26-10-8-7-9-11-26/h7-15,27,33H,16-22H2,1-6H3,(H,39,40)/t33-/m0/s1. The van der Waals surface area contributed by atoms with Gasteiger partial charge in [-0.15, -0.1) is 0 Å². The number of hydrogen-bond donors (Lipinski definition) is 1. The lowest BCUT2D eigenvalue weighted by Gasteiger charge is -2.34. The molecule has 2 heterocycles. The van der Waals surface area contributed by atoms with Gasteiger partial charge in [-0.05, 0) is 106 Å². The molecule has 0 aliphatic carbocycles. The first-order valence-corrected chi connectivity index (χ1v) is 15.1. The Labute approximate surface area is 250 Å². The van der Waals surface area contributed by atoms with Gasteiger partial charge in [0.15, 0.2) is 6.10 Å². The number of urea groups is 1. The molecule has 6 nitrogen and oxygen atoms in total. The molecule has 0 aromatic heterocycles. The Morgan fingerprint density at radius 2 is 1.48 bits per heavy atom. The van der Waals surface area contributed by atoms with E-state index in [-0.39, 0.29) is 6.03 Å². The fraction of sp³-hybridized carbons (Fsp3) is 0.444. The van der Waals surface area contributed by atoms with Crippen molar-refractivity contribution >= 4 is 12.0 Å². The fourth-order valence-corrected chi connectivity index (χ4v) is 6.64. The minimum atomic E-state index is -1.13. The average molecular weight is 569 g/mol. The summed E-state index contributed by atoms with van der Waals surface area (Å²) in [7, 11) is 0. The number of carboxylic acids is 1. The number of nitrogens with zero attached hydrogens (tertiary/aromatic N) is 2. The lowest BCUT2D eigenvalue weighted by Crippen LogP contribution is -2.45. The summed E-state index contributed by atoms with van der Waals surface area (Å²) in [6, 6.07) is 18.9. The maximum absolute atomic E-state index is 13.8. The number of carboxylic acid groups (broad SMARTS) is 1. The van der Waals surface area contributed by atoms with Crippen molar-refractivity contribution in [2.24, 2.45) is 5.92 Å². The second-order valence-electron chi connectivity index (χ2n) is 13.1. The number of aliphatic carboxylic acids is 1. The molecule has 6 heteroatoms. The molecule has 5 rings (SSSR count). The number of carbonyl (C=O) groups is 2. The zero-order valence-corrected chi connectivity index (χ0v) is 25.9. The minimum absolute atomic E-state index is 0.0716. The Hall–Kier alpha value is -3.64. The van der Waals surface area contributed by atoms with Crippen molar-refractivity contribution in [1.82, 2.24) is 9.80 Å². The van der Waals surface area contributed by atoms with Crippen molar-refractivity contribution in [2.45, 2.75) is 85.6 Å². The van der Waals surface area contributed by atoms with Crippen LogP contribution in [0.3, 0.4) is 0 Å². The number of likely N-dealkylation sites (tertiary alicyclic amines) is 1. The van der Waals surface area contributed by atoms with Crippen molar-refractivity contribution in [3.63, 3.8) is 0 Å². The van der Waals surface area contributed by atoms with E-state index in [4.69, 9.17) is 4.74 Å². The van der Waals surface area contributed by atoms with Gasteiger partial charge in [0.05, 0.1) is 5.60 Å². The average Bonchev–Trinajstić information content (AvgIpc) is 3.41. The molecule has 1 N–H and O–H groups in total. The smallest absolute Gasteiger partial charge is 0.337 e. The summed E-state index contributed by atoms with van der Waals surface area (Å²) in [6.45, 7) is 14.3. The van der Waals surface area contributed by atoms with E-state index < -0.39 is 17.7 Å². The Balaban J connectivity index is 1.43. The van der Waals surface area contributed by atoms with Gasteiger partial charge in [-0.1, -0.05) is 60.2 Å². The van der Waals surface area contributed by atoms with Crippen LogP contribution in [0.15, 0.2) is 54.6 Å². The van der Waals surface area contributed by atoms with Gasteiger partial charge >= 0.3 is 12.0 Å². The second kappa shape index (κ2) is 11.9. The molecule has 0 bridgehead atoms. The summed E-state index contributed by atoms with van der Waals surface area (Å²) in [5, 5.41) is 10.4. The Morgan fingerprint density at radius 3 is 2.05 bits per heavy atom. The van der Waals surface area contributed by atoms with E-state index in [0.29, 0.717) is 24.6 Å². The van der Waals surface area contributed by atoms with Crippen molar-refractivity contribution in [3.05, 3.63) is 93.5 Å². The van der Waals surface area contributed by atoms with Crippen LogP contribution in [0.5, 0.6) is 0 Å². The minimum Gasteiger partial charge on any atom is -0.479 e. The molecule has 3 aromatic rings. The highest BCUT2D eigenvalue weighted by atomic mass is 16.5. The Kier molecular flexibility index (Phi) is 8.47. The maximum atomic E-state index is 13.8. The molecule has 2 aliphatic rings. The Bertz CT molecular complexity index is 1450. The fourth-order valence-electron chi connectivity index (χ4n) is 6.64. The lowest BCUT2D eigenvalue weighted by atomic mass is 9.83. The van der Waals surface area contributed by atoms with Gasteiger partial charge in [0.2, 0.25) is 0 Å². The number of amides is 2. The molecule has 0 unspecified atom stereocenters. The van der Waals surface area contributed by atoms with Gasteiger partial charge in [-0.3, -0.25) is 0 Å². The number of ether oxygens (including phenoxy) is 1.